The Morgan fingerprint density at radius 1 is 1.11 bits per heavy atom. The van der Waals surface area contributed by atoms with Crippen LogP contribution in [0.1, 0.15) is 32.6 Å². The number of nitrogens with zero attached hydrogens (tertiary/aromatic N) is 1. The van der Waals surface area contributed by atoms with Crippen LogP contribution in [0.4, 0.5) is 4.79 Å². The van der Waals surface area contributed by atoms with Crippen LogP contribution in [0.25, 0.3) is 0 Å². The molecule has 0 aromatic carbocycles. The van der Waals surface area contributed by atoms with Gasteiger partial charge in [-0.3, -0.25) is 9.59 Å². The fraction of sp³-hybridized carbons (Fsp3) is 0.750. The summed E-state index contributed by atoms with van der Waals surface area (Å²) in [7, 11) is 1.55. The third kappa shape index (κ3) is 9.87. The number of hydrogen-bond donors (Lipinski definition) is 3. The highest BCUT2D eigenvalue weighted by atomic mass is 16.4. The van der Waals surface area contributed by atoms with Gasteiger partial charge in [-0.05, 0) is 19.8 Å². The lowest BCUT2D eigenvalue weighted by Gasteiger charge is -2.17. The smallest absolute Gasteiger partial charge is 0.317 e. The summed E-state index contributed by atoms with van der Waals surface area (Å²) >= 11 is 0. The zero-order chi connectivity index (χ0) is 14.7. The lowest BCUT2D eigenvalue weighted by atomic mass is 10.2. The van der Waals surface area contributed by atoms with E-state index in [-0.39, 0.29) is 24.9 Å². The SMILES string of the molecule is CCNC(=O)CN(C)C(=O)NCCCCCC(=O)O. The summed E-state index contributed by atoms with van der Waals surface area (Å²) in [6.07, 6.45) is 2.26. The highest BCUT2D eigenvalue weighted by Crippen LogP contribution is 1.98. The number of likely N-dealkylation sites (N-methyl/N-ethyl adjacent to an activating group) is 2. The van der Waals surface area contributed by atoms with E-state index in [0.29, 0.717) is 19.5 Å². The summed E-state index contributed by atoms with van der Waals surface area (Å²) in [6, 6.07) is -0.301. The number of carboxylic acid groups (broad SMARTS) is 1. The van der Waals surface area contributed by atoms with Crippen LogP contribution in [0.15, 0.2) is 0 Å². The molecule has 0 rings (SSSR count). The van der Waals surface area contributed by atoms with E-state index in [9.17, 15) is 14.4 Å². The van der Waals surface area contributed by atoms with Crippen LogP contribution in [0.3, 0.4) is 0 Å². The molecule has 7 heteroatoms. The summed E-state index contributed by atoms with van der Waals surface area (Å²) in [5.74, 6) is -0.993. The van der Waals surface area contributed by atoms with Crippen molar-refractivity contribution in [3.8, 4) is 0 Å². The van der Waals surface area contributed by atoms with E-state index in [0.717, 1.165) is 12.8 Å². The molecule has 7 nitrogen and oxygen atoms in total. The molecule has 0 aromatic rings. The van der Waals surface area contributed by atoms with Gasteiger partial charge < -0.3 is 20.6 Å². The molecule has 0 spiro atoms. The van der Waals surface area contributed by atoms with E-state index in [1.165, 1.54) is 4.90 Å². The molecular weight excluding hydrogens is 250 g/mol. The molecule has 0 aliphatic heterocycles. The second-order valence-electron chi connectivity index (χ2n) is 4.25. The maximum absolute atomic E-state index is 11.6. The summed E-state index contributed by atoms with van der Waals surface area (Å²) in [5.41, 5.74) is 0. The quantitative estimate of drug-likeness (QED) is 0.530. The van der Waals surface area contributed by atoms with Gasteiger partial charge in [0.05, 0.1) is 0 Å². The summed E-state index contributed by atoms with van der Waals surface area (Å²) in [5, 5.41) is 13.7. The van der Waals surface area contributed by atoms with Crippen molar-refractivity contribution in [3.63, 3.8) is 0 Å². The molecule has 0 aliphatic rings. The van der Waals surface area contributed by atoms with Gasteiger partial charge >= 0.3 is 12.0 Å². The molecule has 0 bridgehead atoms. The Labute approximate surface area is 113 Å². The van der Waals surface area contributed by atoms with Crippen molar-refractivity contribution in [3.05, 3.63) is 0 Å². The number of carbonyl (C=O) groups is 3. The fourth-order valence-electron chi connectivity index (χ4n) is 1.45. The van der Waals surface area contributed by atoms with Gasteiger partial charge in [-0.2, -0.15) is 0 Å². The van der Waals surface area contributed by atoms with Crippen LogP contribution in [-0.2, 0) is 9.59 Å². The Bertz CT molecular complexity index is 307. The second kappa shape index (κ2) is 10.2. The molecule has 110 valence electrons. The molecule has 3 amide bonds. The largest absolute Gasteiger partial charge is 0.481 e. The third-order valence-corrected chi connectivity index (χ3v) is 2.45. The predicted molar refractivity (Wildman–Crippen MR) is 70.8 cm³/mol. The molecule has 0 saturated heterocycles. The van der Waals surface area contributed by atoms with Crippen LogP contribution in [-0.4, -0.2) is 54.6 Å². The Morgan fingerprint density at radius 2 is 1.79 bits per heavy atom. The van der Waals surface area contributed by atoms with Crippen LogP contribution in [0, 0.1) is 0 Å². The van der Waals surface area contributed by atoms with Crippen molar-refractivity contribution < 1.29 is 19.5 Å². The minimum Gasteiger partial charge on any atom is -0.481 e. The number of hydrogen-bond acceptors (Lipinski definition) is 3. The normalized spacial score (nSPS) is 9.79. The Morgan fingerprint density at radius 3 is 2.37 bits per heavy atom. The molecule has 0 radical (unpaired) electrons. The first-order valence-corrected chi connectivity index (χ1v) is 6.44. The summed E-state index contributed by atoms with van der Waals surface area (Å²) in [6.45, 7) is 2.86. The molecule has 0 aromatic heterocycles. The minimum absolute atomic E-state index is 0.0265. The standard InChI is InChI=1S/C12H23N3O4/c1-3-13-10(16)9-15(2)12(19)14-8-6-4-5-7-11(17)18/h3-9H2,1-2H3,(H,13,16)(H,14,19)(H,17,18). The molecule has 0 fully saturated rings. The lowest BCUT2D eigenvalue weighted by Crippen LogP contribution is -2.43. The van der Waals surface area contributed by atoms with Gasteiger partial charge in [0.1, 0.15) is 6.54 Å². The molecule has 0 saturated carbocycles. The average molecular weight is 273 g/mol. The van der Waals surface area contributed by atoms with Gasteiger partial charge in [0.2, 0.25) is 5.91 Å². The van der Waals surface area contributed by atoms with E-state index in [1.807, 2.05) is 6.92 Å². The average Bonchev–Trinajstić information content (AvgIpc) is 2.33. The molecule has 3 N–H and O–H groups in total. The van der Waals surface area contributed by atoms with Crippen molar-refractivity contribution in [2.75, 3.05) is 26.7 Å². The van der Waals surface area contributed by atoms with Gasteiger partial charge in [-0.1, -0.05) is 6.42 Å². The fourth-order valence-corrected chi connectivity index (χ4v) is 1.45. The van der Waals surface area contributed by atoms with Crippen LogP contribution < -0.4 is 10.6 Å². The Hall–Kier alpha value is -1.79. The molecule has 19 heavy (non-hydrogen) atoms. The topological polar surface area (TPSA) is 98.7 Å². The molecule has 0 aliphatic carbocycles. The number of rotatable bonds is 9. The van der Waals surface area contributed by atoms with Gasteiger partial charge in [0.15, 0.2) is 0 Å². The maximum Gasteiger partial charge on any atom is 0.317 e. The van der Waals surface area contributed by atoms with E-state index >= 15 is 0 Å². The van der Waals surface area contributed by atoms with Crippen molar-refractivity contribution in [1.29, 1.82) is 0 Å². The number of amides is 3. The molecule has 0 atom stereocenters. The van der Waals surface area contributed by atoms with Gasteiger partial charge in [-0.25, -0.2) is 4.79 Å². The number of nitrogens with one attached hydrogen (secondary N) is 2. The van der Waals surface area contributed by atoms with Crippen LogP contribution >= 0.6 is 0 Å². The second-order valence-corrected chi connectivity index (χ2v) is 4.25. The number of urea groups is 1. The van der Waals surface area contributed by atoms with Crippen LogP contribution in [0.2, 0.25) is 0 Å². The first-order chi connectivity index (χ1) is 8.97. The Kier molecular flexibility index (Phi) is 9.20. The highest BCUT2D eigenvalue weighted by Gasteiger charge is 2.11. The zero-order valence-corrected chi connectivity index (χ0v) is 11.6. The third-order valence-electron chi connectivity index (χ3n) is 2.45. The summed E-state index contributed by atoms with van der Waals surface area (Å²) in [4.78, 5) is 34.4. The number of unbranched alkanes of at least 4 members (excludes halogenated alkanes) is 2. The van der Waals surface area contributed by atoms with E-state index in [1.54, 1.807) is 7.05 Å². The van der Waals surface area contributed by atoms with Crippen molar-refractivity contribution in [2.24, 2.45) is 0 Å². The maximum atomic E-state index is 11.6. The van der Waals surface area contributed by atoms with Gasteiger partial charge in [-0.15, -0.1) is 0 Å². The van der Waals surface area contributed by atoms with E-state index < -0.39 is 5.97 Å². The van der Waals surface area contributed by atoms with E-state index in [4.69, 9.17) is 5.11 Å². The highest BCUT2D eigenvalue weighted by molar-refractivity contribution is 5.83. The number of carboxylic acids is 1. The first kappa shape index (κ1) is 17.2. The molecule has 0 heterocycles. The lowest BCUT2D eigenvalue weighted by molar-refractivity contribution is -0.137. The van der Waals surface area contributed by atoms with Crippen molar-refractivity contribution in [2.45, 2.75) is 32.6 Å². The van der Waals surface area contributed by atoms with Gasteiger partial charge in [0.25, 0.3) is 0 Å². The monoisotopic (exact) mass is 273 g/mol. The van der Waals surface area contributed by atoms with Crippen molar-refractivity contribution in [1.82, 2.24) is 15.5 Å². The van der Waals surface area contributed by atoms with Gasteiger partial charge in [0, 0.05) is 26.6 Å². The number of aliphatic carboxylic acids is 1. The summed E-state index contributed by atoms with van der Waals surface area (Å²) < 4.78 is 0. The minimum atomic E-state index is -0.800. The zero-order valence-electron chi connectivity index (χ0n) is 11.6. The van der Waals surface area contributed by atoms with Crippen LogP contribution in [0.5, 0.6) is 0 Å². The van der Waals surface area contributed by atoms with Crippen molar-refractivity contribution >= 4 is 17.9 Å². The number of carbonyl (C=O) groups excluding carboxylic acids is 2. The predicted octanol–water partition coefficient (Wildman–Crippen LogP) is 0.409. The first-order valence-electron chi connectivity index (χ1n) is 6.44. The molecular formula is C12H23N3O4. The Balaban J connectivity index is 3.62. The van der Waals surface area contributed by atoms with E-state index in [2.05, 4.69) is 10.6 Å². The molecule has 0 unspecified atom stereocenters.